The summed E-state index contributed by atoms with van der Waals surface area (Å²) in [6, 6.07) is 0. The molecule has 8 nitrogen and oxygen atoms in total. The van der Waals surface area contributed by atoms with Crippen LogP contribution >= 0.6 is 7.82 Å². The number of likely N-dealkylation sites (N-methyl/N-ethyl adjacent to an activating group) is 1. The maximum Gasteiger partial charge on any atom is 0.305 e. The van der Waals surface area contributed by atoms with Crippen LogP contribution < -0.4 is 4.89 Å². The maximum absolute atomic E-state index is 11.8. The van der Waals surface area contributed by atoms with E-state index in [1.165, 1.54) is 89.9 Å². The molecule has 232 valence electrons. The van der Waals surface area contributed by atoms with Gasteiger partial charge in [-0.25, -0.2) is 0 Å². The summed E-state index contributed by atoms with van der Waals surface area (Å²) in [6.45, 7) is 1.94. The quantitative estimate of drug-likeness (QED) is 0.0363. The summed E-state index contributed by atoms with van der Waals surface area (Å²) in [5, 5.41) is 9.83. The molecule has 39 heavy (non-hydrogen) atoms. The lowest BCUT2D eigenvalue weighted by atomic mass is 10.1. The molecule has 0 spiro atoms. The molecule has 9 heteroatoms. The van der Waals surface area contributed by atoms with Crippen LogP contribution in [0.3, 0.4) is 0 Å². The number of quaternary nitrogens is 1. The zero-order valence-electron chi connectivity index (χ0n) is 25.6. The fraction of sp³-hybridized carbons (Fsp3) is 0.900. The first kappa shape index (κ1) is 38.2. The Balaban J connectivity index is 3.51. The van der Waals surface area contributed by atoms with E-state index in [0.29, 0.717) is 17.4 Å². The van der Waals surface area contributed by atoms with Crippen molar-refractivity contribution in [2.24, 2.45) is 0 Å². The molecule has 0 saturated carbocycles. The SMILES string of the molecule is CCCCCCCCCC/C=C\CCCCCCCCCC(=O)OC[C@@H](O)COP(=O)([O-])OCC[N+](C)(C)C. The Morgan fingerprint density at radius 1 is 0.795 bits per heavy atom. The summed E-state index contributed by atoms with van der Waals surface area (Å²) in [6.07, 6.45) is 24.9. The average molecular weight is 578 g/mol. The van der Waals surface area contributed by atoms with Gasteiger partial charge in [-0.15, -0.1) is 0 Å². The van der Waals surface area contributed by atoms with Gasteiger partial charge in [0.15, 0.2) is 0 Å². The zero-order chi connectivity index (χ0) is 29.2. The van der Waals surface area contributed by atoms with E-state index in [9.17, 15) is 19.4 Å². The second-order valence-corrected chi connectivity index (χ2v) is 13.1. The summed E-state index contributed by atoms with van der Waals surface area (Å²) in [5.74, 6) is -0.391. The van der Waals surface area contributed by atoms with E-state index in [2.05, 4.69) is 23.6 Å². The highest BCUT2D eigenvalue weighted by Gasteiger charge is 2.16. The topological polar surface area (TPSA) is 105 Å². The van der Waals surface area contributed by atoms with Gasteiger partial charge in [-0.3, -0.25) is 9.36 Å². The molecule has 0 radical (unpaired) electrons. The molecule has 0 heterocycles. The standard InChI is InChI=1S/C30H60NO7P/c1-5-6-7-8-9-10-11-12-13-14-15-16-17-18-19-20-21-22-23-24-30(33)36-27-29(32)28-38-39(34,35)37-26-25-31(2,3)4/h14-15,29,32H,5-13,16-28H2,1-4H3/b15-14-/t29-/m1/s1. The number of carbonyl (C=O) groups excluding carboxylic acids is 1. The highest BCUT2D eigenvalue weighted by atomic mass is 31.2. The lowest BCUT2D eigenvalue weighted by Crippen LogP contribution is -2.37. The number of ether oxygens (including phenoxy) is 1. The summed E-state index contributed by atoms with van der Waals surface area (Å²) < 4.78 is 26.7. The monoisotopic (exact) mass is 577 g/mol. The molecule has 0 aromatic rings. The van der Waals surface area contributed by atoms with Gasteiger partial charge in [0, 0.05) is 6.42 Å². The third-order valence-corrected chi connectivity index (χ3v) is 7.48. The van der Waals surface area contributed by atoms with Crippen LogP contribution in [-0.4, -0.2) is 69.2 Å². The van der Waals surface area contributed by atoms with Crippen molar-refractivity contribution < 1.29 is 37.6 Å². The number of nitrogens with zero attached hydrogens (tertiary/aromatic N) is 1. The Bertz CT molecular complexity index is 652. The van der Waals surface area contributed by atoms with Crippen LogP contribution in [0.15, 0.2) is 12.2 Å². The number of phosphoric ester groups is 1. The first-order valence-corrected chi connectivity index (χ1v) is 16.9. The minimum Gasteiger partial charge on any atom is -0.756 e. The number of carbonyl (C=O) groups is 1. The maximum atomic E-state index is 11.8. The zero-order valence-corrected chi connectivity index (χ0v) is 26.5. The van der Waals surface area contributed by atoms with Crippen LogP contribution in [0.4, 0.5) is 0 Å². The van der Waals surface area contributed by atoms with Crippen molar-refractivity contribution in [3.63, 3.8) is 0 Å². The van der Waals surface area contributed by atoms with Crippen LogP contribution in [0.2, 0.25) is 0 Å². The first-order valence-electron chi connectivity index (χ1n) is 15.4. The number of aliphatic hydroxyl groups excluding tert-OH is 1. The molecule has 0 fully saturated rings. The molecule has 0 aliphatic carbocycles. The van der Waals surface area contributed by atoms with E-state index in [4.69, 9.17) is 9.26 Å². The van der Waals surface area contributed by atoms with E-state index < -0.39 is 26.5 Å². The van der Waals surface area contributed by atoms with Crippen molar-refractivity contribution in [3.8, 4) is 0 Å². The van der Waals surface area contributed by atoms with Gasteiger partial charge >= 0.3 is 5.97 Å². The molecule has 0 bridgehead atoms. The number of phosphoric acid groups is 1. The number of esters is 1. The number of unbranched alkanes of at least 4 members (excludes halogenated alkanes) is 15. The van der Waals surface area contributed by atoms with E-state index in [1.54, 1.807) is 0 Å². The molecule has 1 unspecified atom stereocenters. The summed E-state index contributed by atoms with van der Waals surface area (Å²) in [7, 11) is 1.25. The van der Waals surface area contributed by atoms with Crippen molar-refractivity contribution in [2.45, 2.75) is 129 Å². The Hall–Kier alpha value is -0.760. The molecule has 0 aliphatic heterocycles. The van der Waals surface area contributed by atoms with Crippen molar-refractivity contribution in [3.05, 3.63) is 12.2 Å². The van der Waals surface area contributed by atoms with Crippen molar-refractivity contribution in [1.29, 1.82) is 0 Å². The van der Waals surface area contributed by atoms with Crippen molar-refractivity contribution in [1.82, 2.24) is 0 Å². The smallest absolute Gasteiger partial charge is 0.305 e. The fourth-order valence-electron chi connectivity index (χ4n) is 4.00. The highest BCUT2D eigenvalue weighted by molar-refractivity contribution is 7.45. The minimum atomic E-state index is -4.49. The summed E-state index contributed by atoms with van der Waals surface area (Å²) in [5.41, 5.74) is 0. The van der Waals surface area contributed by atoms with Crippen LogP contribution in [0.25, 0.3) is 0 Å². The highest BCUT2D eigenvalue weighted by Crippen LogP contribution is 2.38. The molecular formula is C30H60NO7P. The predicted octanol–water partition coefficient (Wildman–Crippen LogP) is 6.70. The third kappa shape index (κ3) is 30.0. The Morgan fingerprint density at radius 2 is 1.28 bits per heavy atom. The molecule has 0 rings (SSSR count). The van der Waals surface area contributed by atoms with Gasteiger partial charge < -0.3 is 28.3 Å². The van der Waals surface area contributed by atoms with Gasteiger partial charge in [-0.1, -0.05) is 96.1 Å². The van der Waals surface area contributed by atoms with Crippen LogP contribution in [-0.2, 0) is 23.1 Å². The number of rotatable bonds is 28. The number of hydrogen-bond donors (Lipinski definition) is 1. The van der Waals surface area contributed by atoms with E-state index in [-0.39, 0.29) is 13.2 Å². The first-order chi connectivity index (χ1) is 18.6. The normalized spacial score (nSPS) is 14.5. The second-order valence-electron chi connectivity index (χ2n) is 11.7. The van der Waals surface area contributed by atoms with Gasteiger partial charge in [0.1, 0.15) is 25.9 Å². The van der Waals surface area contributed by atoms with Gasteiger partial charge in [0.05, 0.1) is 27.7 Å². The Labute approximate surface area is 239 Å². The number of hydrogen-bond acceptors (Lipinski definition) is 7. The summed E-state index contributed by atoms with van der Waals surface area (Å²) >= 11 is 0. The third-order valence-electron chi connectivity index (χ3n) is 6.52. The minimum absolute atomic E-state index is 0.00779. The fourth-order valence-corrected chi connectivity index (χ4v) is 4.73. The molecule has 0 aromatic heterocycles. The van der Waals surface area contributed by atoms with Crippen LogP contribution in [0, 0.1) is 0 Å². The van der Waals surface area contributed by atoms with Gasteiger partial charge in [-0.05, 0) is 32.1 Å². The van der Waals surface area contributed by atoms with Crippen molar-refractivity contribution in [2.75, 3.05) is 47.5 Å². The number of aliphatic hydroxyl groups is 1. The Kier molecular flexibility index (Phi) is 24.5. The predicted molar refractivity (Wildman–Crippen MR) is 157 cm³/mol. The molecular weight excluding hydrogens is 517 g/mol. The lowest BCUT2D eigenvalue weighted by Gasteiger charge is -2.27. The van der Waals surface area contributed by atoms with E-state index in [0.717, 1.165) is 19.3 Å². The molecule has 2 atom stereocenters. The molecule has 1 N–H and O–H groups in total. The van der Waals surface area contributed by atoms with Crippen molar-refractivity contribution >= 4 is 13.8 Å². The number of allylic oxidation sites excluding steroid dienone is 2. The largest absolute Gasteiger partial charge is 0.756 e. The van der Waals surface area contributed by atoms with Crippen LogP contribution in [0.5, 0.6) is 0 Å². The summed E-state index contributed by atoms with van der Waals surface area (Å²) in [4.78, 5) is 23.6. The van der Waals surface area contributed by atoms with Gasteiger partial charge in [0.2, 0.25) is 0 Å². The molecule has 0 aliphatic rings. The second kappa shape index (κ2) is 25.0. The van der Waals surface area contributed by atoms with E-state index in [1.807, 2.05) is 21.1 Å². The average Bonchev–Trinajstić information content (AvgIpc) is 2.86. The molecule has 0 amide bonds. The van der Waals surface area contributed by atoms with Gasteiger partial charge in [0.25, 0.3) is 7.82 Å². The molecule has 0 saturated heterocycles. The lowest BCUT2D eigenvalue weighted by molar-refractivity contribution is -0.870. The Morgan fingerprint density at radius 3 is 1.79 bits per heavy atom. The van der Waals surface area contributed by atoms with E-state index >= 15 is 0 Å². The van der Waals surface area contributed by atoms with Crippen LogP contribution in [0.1, 0.15) is 122 Å². The molecule has 0 aromatic carbocycles. The van der Waals surface area contributed by atoms with Gasteiger partial charge in [-0.2, -0.15) is 0 Å².